The summed E-state index contributed by atoms with van der Waals surface area (Å²) in [5, 5.41) is 2.24. The van der Waals surface area contributed by atoms with E-state index in [1.54, 1.807) is 24.4 Å². The monoisotopic (exact) mass is 698 g/mol. The molecule has 0 aliphatic carbocycles. The number of nitrogens with one attached hydrogen (secondary N) is 1. The first-order valence-electron chi connectivity index (χ1n) is 17.4. The topological polar surface area (TPSA) is 142 Å². The molecule has 1 spiro atoms. The fourth-order valence-corrected chi connectivity index (χ4v) is 7.77. The number of imide groups is 2. The van der Waals surface area contributed by atoms with Gasteiger partial charge in [-0.15, -0.1) is 0 Å². The highest BCUT2D eigenvalue weighted by molar-refractivity contribution is 6.23. The van der Waals surface area contributed by atoms with Crippen LogP contribution in [-0.4, -0.2) is 76.5 Å². The lowest BCUT2D eigenvalue weighted by atomic mass is 9.72. The normalized spacial score (nSPS) is 19.3. The first kappa shape index (κ1) is 33.2. The average Bonchev–Trinajstić information content (AvgIpc) is 3.35. The number of Topliss-reactive ketones (excluding diaryl/α,β-unsaturated/α-hetero) is 1. The number of benzene rings is 3. The van der Waals surface area contributed by atoms with E-state index in [9.17, 15) is 24.0 Å². The van der Waals surface area contributed by atoms with E-state index in [0.29, 0.717) is 16.8 Å². The summed E-state index contributed by atoms with van der Waals surface area (Å²) in [5.41, 5.74) is 5.61. The van der Waals surface area contributed by atoms with E-state index in [0.717, 1.165) is 48.1 Å². The van der Waals surface area contributed by atoms with Gasteiger partial charge in [-0.3, -0.25) is 34.2 Å². The predicted molar refractivity (Wildman–Crippen MR) is 191 cm³/mol. The minimum absolute atomic E-state index is 0.0924. The molecule has 3 saturated heterocycles. The Morgan fingerprint density at radius 1 is 0.846 bits per heavy atom. The summed E-state index contributed by atoms with van der Waals surface area (Å²) in [4.78, 5) is 75.8. The molecule has 5 heterocycles. The Morgan fingerprint density at radius 2 is 1.46 bits per heavy atom. The number of hydrogen-bond acceptors (Lipinski definition) is 10. The highest BCUT2D eigenvalue weighted by Gasteiger charge is 2.52. The van der Waals surface area contributed by atoms with Gasteiger partial charge in [-0.2, -0.15) is 0 Å². The average molecular weight is 699 g/mol. The Labute approximate surface area is 300 Å². The van der Waals surface area contributed by atoms with Gasteiger partial charge in [0.25, 0.3) is 11.8 Å². The summed E-state index contributed by atoms with van der Waals surface area (Å²) in [5.74, 6) is -1.26. The van der Waals surface area contributed by atoms with E-state index in [1.807, 2.05) is 18.2 Å². The molecule has 1 unspecified atom stereocenters. The van der Waals surface area contributed by atoms with Crippen LogP contribution in [0.2, 0.25) is 0 Å². The highest BCUT2D eigenvalue weighted by Crippen LogP contribution is 2.45. The van der Waals surface area contributed by atoms with Crippen molar-refractivity contribution in [2.45, 2.75) is 51.7 Å². The Hall–Kier alpha value is -5.91. The number of ketones is 1. The van der Waals surface area contributed by atoms with Gasteiger partial charge >= 0.3 is 0 Å². The zero-order valence-electron chi connectivity index (χ0n) is 29.2. The molecule has 52 heavy (non-hydrogen) atoms. The maximum Gasteiger partial charge on any atom is 0.262 e. The van der Waals surface area contributed by atoms with Crippen LogP contribution < -0.4 is 19.9 Å². The minimum atomic E-state index is -0.971. The predicted octanol–water partition coefficient (Wildman–Crippen LogP) is 4.31. The SMILES string of the molecule is CC(=O)c1nccc(COc2ccc(C(C)(C)c3ccc(N4CC5(C4)CN(c4ccc6c(c4)C(=O)N(C4CCC(=O)NC4=O)C6=O)C5)cc3)cc2)n1. The molecular weight excluding hydrogens is 660 g/mol. The number of ether oxygens (including phenoxy) is 1. The number of hydrogen-bond donors (Lipinski definition) is 1. The molecule has 3 fully saturated rings. The standard InChI is InChI=1S/C40H38N6O6/c1-24(47)35-41-17-16-27(42-35)19-52-30-11-6-26(7-12-30)39(2,3)25-4-8-28(9-5-25)44-20-40(21-44)22-45(23-40)29-10-13-31-32(18-29)38(51)46(37(31)50)33-14-15-34(48)43-36(33)49/h4-13,16-18,33H,14-15,19-23H2,1-3H3,(H,43,48,49). The molecule has 1 aromatic heterocycles. The van der Waals surface area contributed by atoms with Gasteiger partial charge < -0.3 is 14.5 Å². The van der Waals surface area contributed by atoms with Crippen molar-refractivity contribution in [1.82, 2.24) is 20.2 Å². The number of nitrogens with zero attached hydrogens (tertiary/aromatic N) is 5. The van der Waals surface area contributed by atoms with E-state index in [1.165, 1.54) is 18.2 Å². The van der Waals surface area contributed by atoms with Gasteiger partial charge in [0.05, 0.1) is 16.8 Å². The maximum absolute atomic E-state index is 13.3. The zero-order valence-corrected chi connectivity index (χ0v) is 29.2. The van der Waals surface area contributed by atoms with Gasteiger partial charge in [0.2, 0.25) is 11.8 Å². The van der Waals surface area contributed by atoms with Crippen molar-refractivity contribution in [3.8, 4) is 5.75 Å². The van der Waals surface area contributed by atoms with Gasteiger partial charge in [0.15, 0.2) is 11.6 Å². The minimum Gasteiger partial charge on any atom is -0.487 e. The summed E-state index contributed by atoms with van der Waals surface area (Å²) in [6, 6.07) is 22.9. The summed E-state index contributed by atoms with van der Waals surface area (Å²) in [7, 11) is 0. The molecule has 8 rings (SSSR count). The van der Waals surface area contributed by atoms with Crippen LogP contribution in [-0.2, 0) is 21.6 Å². The van der Waals surface area contributed by atoms with Crippen molar-refractivity contribution in [1.29, 1.82) is 0 Å². The molecule has 0 saturated carbocycles. The van der Waals surface area contributed by atoms with Gasteiger partial charge in [0.1, 0.15) is 18.4 Å². The molecular formula is C40H38N6O6. The number of anilines is 2. The Bertz CT molecular complexity index is 2130. The Morgan fingerprint density at radius 3 is 2.12 bits per heavy atom. The summed E-state index contributed by atoms with van der Waals surface area (Å²) in [6.45, 7) is 9.67. The fourth-order valence-electron chi connectivity index (χ4n) is 7.77. The highest BCUT2D eigenvalue weighted by atomic mass is 16.5. The first-order chi connectivity index (χ1) is 24.9. The molecule has 1 N–H and O–H groups in total. The van der Waals surface area contributed by atoms with Crippen LogP contribution >= 0.6 is 0 Å². The molecule has 4 aromatic rings. The molecule has 264 valence electrons. The molecule has 0 bridgehead atoms. The number of rotatable bonds is 9. The number of carbonyl (C=O) groups excluding carboxylic acids is 5. The van der Waals surface area contributed by atoms with Gasteiger partial charge in [-0.1, -0.05) is 38.1 Å². The van der Waals surface area contributed by atoms with Crippen molar-refractivity contribution < 1.29 is 28.7 Å². The summed E-state index contributed by atoms with van der Waals surface area (Å²) < 4.78 is 5.92. The third-order valence-electron chi connectivity index (χ3n) is 10.8. The van der Waals surface area contributed by atoms with Crippen LogP contribution in [0.5, 0.6) is 5.75 Å². The van der Waals surface area contributed by atoms with Crippen molar-refractivity contribution in [3.63, 3.8) is 0 Å². The molecule has 0 radical (unpaired) electrons. The van der Waals surface area contributed by atoms with Gasteiger partial charge in [-0.25, -0.2) is 9.97 Å². The molecule has 1 atom stereocenters. The van der Waals surface area contributed by atoms with Crippen LogP contribution in [0.1, 0.15) is 81.8 Å². The van der Waals surface area contributed by atoms with Crippen LogP contribution in [0.4, 0.5) is 11.4 Å². The summed E-state index contributed by atoms with van der Waals surface area (Å²) in [6.07, 6.45) is 1.79. The van der Waals surface area contributed by atoms with E-state index < -0.39 is 29.7 Å². The van der Waals surface area contributed by atoms with Gasteiger partial charge in [-0.05, 0) is 66.1 Å². The molecule has 4 aliphatic rings. The Balaban J connectivity index is 0.853. The van der Waals surface area contributed by atoms with Crippen LogP contribution in [0.25, 0.3) is 0 Å². The smallest absolute Gasteiger partial charge is 0.262 e. The van der Waals surface area contributed by atoms with Gasteiger partial charge in [0, 0.05) is 67.9 Å². The number of carbonyl (C=O) groups is 5. The van der Waals surface area contributed by atoms with Crippen molar-refractivity contribution >= 4 is 40.8 Å². The van der Waals surface area contributed by atoms with E-state index in [4.69, 9.17) is 4.74 Å². The molecule has 4 amide bonds. The molecule has 3 aromatic carbocycles. The third-order valence-corrected chi connectivity index (χ3v) is 10.8. The lowest BCUT2D eigenvalue weighted by Gasteiger charge is -2.61. The lowest BCUT2D eigenvalue weighted by molar-refractivity contribution is -0.136. The van der Waals surface area contributed by atoms with Crippen LogP contribution in [0.15, 0.2) is 79.0 Å². The first-order valence-corrected chi connectivity index (χ1v) is 17.4. The third kappa shape index (κ3) is 5.77. The second-order valence-corrected chi connectivity index (χ2v) is 14.8. The molecule has 12 heteroatoms. The number of amides is 4. The van der Waals surface area contributed by atoms with Crippen molar-refractivity contribution in [3.05, 3.63) is 113 Å². The molecule has 12 nitrogen and oxygen atoms in total. The fraction of sp³-hybridized carbons (Fsp3) is 0.325. The second-order valence-electron chi connectivity index (χ2n) is 14.8. The van der Waals surface area contributed by atoms with Crippen LogP contribution in [0, 0.1) is 5.41 Å². The van der Waals surface area contributed by atoms with Crippen LogP contribution in [0.3, 0.4) is 0 Å². The zero-order chi connectivity index (χ0) is 36.4. The van der Waals surface area contributed by atoms with E-state index in [-0.39, 0.29) is 41.9 Å². The number of piperidine rings is 1. The largest absolute Gasteiger partial charge is 0.487 e. The number of aromatic nitrogens is 2. The lowest BCUT2D eigenvalue weighted by Crippen LogP contribution is -2.72. The second kappa shape index (κ2) is 12.4. The maximum atomic E-state index is 13.3. The quantitative estimate of drug-likeness (QED) is 0.199. The molecule has 4 aliphatic heterocycles. The van der Waals surface area contributed by atoms with Crippen molar-refractivity contribution in [2.75, 3.05) is 36.0 Å². The van der Waals surface area contributed by atoms with Crippen molar-refractivity contribution in [2.24, 2.45) is 5.41 Å². The van der Waals surface area contributed by atoms with E-state index in [2.05, 4.69) is 75.3 Å². The summed E-state index contributed by atoms with van der Waals surface area (Å²) >= 11 is 0. The number of fused-ring (bicyclic) bond motifs is 1. The van der Waals surface area contributed by atoms with E-state index >= 15 is 0 Å². The Kier molecular flexibility index (Phi) is 7.93.